The zero-order valence-electron chi connectivity index (χ0n) is 6.04. The fourth-order valence-electron chi connectivity index (χ4n) is 0.789. The van der Waals surface area contributed by atoms with Gasteiger partial charge in [0.2, 0.25) is 0 Å². The monoisotopic (exact) mass is 133 g/mol. The van der Waals surface area contributed by atoms with E-state index in [9.17, 15) is 0 Å². The molecule has 0 aliphatic rings. The Morgan fingerprint density at radius 1 is 1.20 bits per heavy atom. The van der Waals surface area contributed by atoms with E-state index in [4.69, 9.17) is 5.73 Å². The standard InChI is InChI=1S/C9H11N/c1-8-2-4-9(5-3-8)6-7-10/h2-7H,10H2,1H3. The largest absolute Gasteiger partial charge is 0.405 e. The highest BCUT2D eigenvalue weighted by atomic mass is 14.5. The minimum Gasteiger partial charge on any atom is -0.405 e. The molecule has 0 unspecified atom stereocenters. The summed E-state index contributed by atoms with van der Waals surface area (Å²) in [6, 6.07) is 8.21. The molecule has 1 rings (SSSR count). The van der Waals surface area contributed by atoms with Gasteiger partial charge in [0.15, 0.2) is 0 Å². The molecule has 0 atom stereocenters. The fourth-order valence-corrected chi connectivity index (χ4v) is 0.789. The van der Waals surface area contributed by atoms with Gasteiger partial charge in [0.1, 0.15) is 0 Å². The van der Waals surface area contributed by atoms with Crippen molar-refractivity contribution in [2.75, 3.05) is 0 Å². The van der Waals surface area contributed by atoms with E-state index >= 15 is 0 Å². The van der Waals surface area contributed by atoms with E-state index in [1.165, 1.54) is 5.56 Å². The molecular weight excluding hydrogens is 122 g/mol. The van der Waals surface area contributed by atoms with E-state index in [-0.39, 0.29) is 0 Å². The van der Waals surface area contributed by atoms with Crippen LogP contribution >= 0.6 is 0 Å². The molecule has 0 aromatic heterocycles. The molecule has 2 N–H and O–H groups in total. The maximum absolute atomic E-state index is 5.22. The highest BCUT2D eigenvalue weighted by molar-refractivity contribution is 5.48. The van der Waals surface area contributed by atoms with Gasteiger partial charge in [-0.2, -0.15) is 0 Å². The average Bonchev–Trinajstić information content (AvgIpc) is 1.95. The molecule has 52 valence electrons. The predicted octanol–water partition coefficient (Wildman–Crippen LogP) is 1.92. The van der Waals surface area contributed by atoms with Crippen molar-refractivity contribution in [1.29, 1.82) is 0 Å². The van der Waals surface area contributed by atoms with Crippen LogP contribution in [0, 0.1) is 6.92 Å². The van der Waals surface area contributed by atoms with Crippen molar-refractivity contribution in [2.45, 2.75) is 6.92 Å². The maximum Gasteiger partial charge on any atom is -0.00564 e. The molecule has 0 radical (unpaired) electrons. The summed E-state index contributed by atoms with van der Waals surface area (Å²) in [4.78, 5) is 0. The van der Waals surface area contributed by atoms with E-state index in [1.54, 1.807) is 6.20 Å². The molecule has 0 aliphatic heterocycles. The van der Waals surface area contributed by atoms with Crippen LogP contribution < -0.4 is 5.73 Å². The quantitative estimate of drug-likeness (QED) is 0.622. The Labute approximate surface area is 61.2 Å². The maximum atomic E-state index is 5.22. The number of hydrogen-bond donors (Lipinski definition) is 1. The summed E-state index contributed by atoms with van der Waals surface area (Å²) in [6.45, 7) is 2.07. The number of nitrogens with two attached hydrogens (primary N) is 1. The molecule has 0 saturated carbocycles. The second-order valence-corrected chi connectivity index (χ2v) is 2.27. The highest BCUT2D eigenvalue weighted by Gasteiger charge is 1.83. The van der Waals surface area contributed by atoms with Crippen LogP contribution in [0.2, 0.25) is 0 Å². The molecule has 1 aromatic rings. The fraction of sp³-hybridized carbons (Fsp3) is 0.111. The zero-order valence-corrected chi connectivity index (χ0v) is 6.04. The molecule has 1 heteroatoms. The number of hydrogen-bond acceptors (Lipinski definition) is 1. The van der Waals surface area contributed by atoms with Gasteiger partial charge in [-0.25, -0.2) is 0 Å². The summed E-state index contributed by atoms with van der Waals surface area (Å²) in [7, 11) is 0. The minimum absolute atomic E-state index is 1.15. The third-order valence-electron chi connectivity index (χ3n) is 1.37. The van der Waals surface area contributed by atoms with Crippen molar-refractivity contribution in [1.82, 2.24) is 0 Å². The molecule has 0 fully saturated rings. The number of aryl methyl sites for hydroxylation is 1. The van der Waals surface area contributed by atoms with Crippen LogP contribution in [0.5, 0.6) is 0 Å². The first-order valence-electron chi connectivity index (χ1n) is 3.28. The third-order valence-corrected chi connectivity index (χ3v) is 1.37. The lowest BCUT2D eigenvalue weighted by molar-refractivity contribution is 1.46. The van der Waals surface area contributed by atoms with E-state index in [2.05, 4.69) is 19.1 Å². The molecular formula is C9H11N. The Morgan fingerprint density at radius 2 is 1.80 bits per heavy atom. The summed E-state index contributed by atoms with van der Waals surface area (Å²) in [6.07, 6.45) is 3.42. The van der Waals surface area contributed by atoms with Gasteiger partial charge in [-0.3, -0.25) is 0 Å². The van der Waals surface area contributed by atoms with Gasteiger partial charge in [-0.05, 0) is 24.8 Å². The highest BCUT2D eigenvalue weighted by Crippen LogP contribution is 2.03. The van der Waals surface area contributed by atoms with Crippen LogP contribution in [0.1, 0.15) is 11.1 Å². The Hall–Kier alpha value is -1.24. The molecule has 1 nitrogen and oxygen atoms in total. The molecule has 10 heavy (non-hydrogen) atoms. The van der Waals surface area contributed by atoms with Crippen LogP contribution in [0.3, 0.4) is 0 Å². The van der Waals surface area contributed by atoms with E-state index < -0.39 is 0 Å². The van der Waals surface area contributed by atoms with Crippen molar-refractivity contribution >= 4 is 6.08 Å². The second-order valence-electron chi connectivity index (χ2n) is 2.27. The Bertz CT molecular complexity index is 221. The third kappa shape index (κ3) is 1.62. The van der Waals surface area contributed by atoms with E-state index in [1.807, 2.05) is 18.2 Å². The Morgan fingerprint density at radius 3 is 2.30 bits per heavy atom. The molecule has 0 aliphatic carbocycles. The topological polar surface area (TPSA) is 26.0 Å². The summed E-state index contributed by atoms with van der Waals surface area (Å²) < 4.78 is 0. The molecule has 0 saturated heterocycles. The Kier molecular flexibility index (Phi) is 2.11. The van der Waals surface area contributed by atoms with Crippen LogP contribution in [-0.4, -0.2) is 0 Å². The van der Waals surface area contributed by atoms with E-state index in [0.717, 1.165) is 5.56 Å². The molecule has 0 amide bonds. The van der Waals surface area contributed by atoms with Gasteiger partial charge in [0.05, 0.1) is 0 Å². The van der Waals surface area contributed by atoms with Crippen LogP contribution in [0.15, 0.2) is 30.5 Å². The lowest BCUT2D eigenvalue weighted by Gasteiger charge is -1.92. The molecule has 1 aromatic carbocycles. The van der Waals surface area contributed by atoms with Gasteiger partial charge in [0.25, 0.3) is 0 Å². The predicted molar refractivity (Wildman–Crippen MR) is 44.4 cm³/mol. The van der Waals surface area contributed by atoms with Crippen molar-refractivity contribution in [3.63, 3.8) is 0 Å². The summed E-state index contributed by atoms with van der Waals surface area (Å²) in [5, 5.41) is 0. The minimum atomic E-state index is 1.15. The van der Waals surface area contributed by atoms with Gasteiger partial charge < -0.3 is 5.73 Å². The Balaban J connectivity index is 2.89. The number of benzene rings is 1. The first-order chi connectivity index (χ1) is 4.83. The normalized spacial score (nSPS) is 10.5. The average molecular weight is 133 g/mol. The summed E-state index contributed by atoms with van der Waals surface area (Å²) in [5.41, 5.74) is 7.64. The van der Waals surface area contributed by atoms with Gasteiger partial charge in [0, 0.05) is 0 Å². The summed E-state index contributed by atoms with van der Waals surface area (Å²) >= 11 is 0. The summed E-state index contributed by atoms with van der Waals surface area (Å²) in [5.74, 6) is 0. The van der Waals surface area contributed by atoms with Crippen LogP contribution in [-0.2, 0) is 0 Å². The molecule has 0 heterocycles. The lowest BCUT2D eigenvalue weighted by Crippen LogP contribution is -1.77. The molecule has 0 spiro atoms. The van der Waals surface area contributed by atoms with Crippen LogP contribution in [0.4, 0.5) is 0 Å². The van der Waals surface area contributed by atoms with Crippen molar-refractivity contribution in [3.05, 3.63) is 41.6 Å². The number of rotatable bonds is 1. The van der Waals surface area contributed by atoms with Crippen molar-refractivity contribution < 1.29 is 0 Å². The SMILES string of the molecule is Cc1ccc(C=CN)cc1. The molecule has 0 bridgehead atoms. The van der Waals surface area contributed by atoms with Crippen LogP contribution in [0.25, 0.3) is 6.08 Å². The van der Waals surface area contributed by atoms with Crippen molar-refractivity contribution in [2.24, 2.45) is 5.73 Å². The second kappa shape index (κ2) is 3.06. The first kappa shape index (κ1) is 6.87. The zero-order chi connectivity index (χ0) is 7.40. The first-order valence-corrected chi connectivity index (χ1v) is 3.28. The smallest absolute Gasteiger partial charge is 0.00564 e. The van der Waals surface area contributed by atoms with Gasteiger partial charge in [-0.1, -0.05) is 29.8 Å². The van der Waals surface area contributed by atoms with Crippen molar-refractivity contribution in [3.8, 4) is 0 Å². The van der Waals surface area contributed by atoms with Gasteiger partial charge in [-0.15, -0.1) is 0 Å². The van der Waals surface area contributed by atoms with Gasteiger partial charge >= 0.3 is 0 Å². The van der Waals surface area contributed by atoms with E-state index in [0.29, 0.717) is 0 Å². The lowest BCUT2D eigenvalue weighted by atomic mass is 10.1.